The first-order valence-electron chi connectivity index (χ1n) is 12.1. The zero-order chi connectivity index (χ0) is 25.1. The number of hydrogen-bond donors (Lipinski definition) is 4. The molecule has 2 aliphatic rings. The van der Waals surface area contributed by atoms with E-state index in [1.165, 1.54) is 0 Å². The van der Waals surface area contributed by atoms with Gasteiger partial charge in [-0.1, -0.05) is 19.8 Å². The highest BCUT2D eigenvalue weighted by Gasteiger charge is 2.49. The van der Waals surface area contributed by atoms with Crippen molar-refractivity contribution < 1.29 is 24.2 Å². The van der Waals surface area contributed by atoms with Crippen molar-refractivity contribution in [3.63, 3.8) is 0 Å². The first-order valence-corrected chi connectivity index (χ1v) is 12.1. The first kappa shape index (κ1) is 26.0. The molecule has 1 heterocycles. The second-order valence-corrected chi connectivity index (χ2v) is 11.2. The molecule has 0 aliphatic heterocycles. The summed E-state index contributed by atoms with van der Waals surface area (Å²) in [6.45, 7) is 7.42. The lowest BCUT2D eigenvalue weighted by Gasteiger charge is -2.46. The van der Waals surface area contributed by atoms with Gasteiger partial charge in [0.15, 0.2) is 11.9 Å². The van der Waals surface area contributed by atoms with Crippen molar-refractivity contribution in [2.24, 2.45) is 12.5 Å². The molecule has 3 amide bonds. The lowest BCUT2D eigenvalue weighted by Crippen LogP contribution is -2.66. The van der Waals surface area contributed by atoms with Gasteiger partial charge in [0.2, 0.25) is 5.91 Å². The molecule has 1 aromatic rings. The number of hydrogen-bond acceptors (Lipinski definition) is 6. The number of carbonyl (C=O) groups is 3. The Morgan fingerprint density at radius 1 is 1.15 bits per heavy atom. The van der Waals surface area contributed by atoms with E-state index in [0.29, 0.717) is 25.1 Å². The van der Waals surface area contributed by atoms with Gasteiger partial charge in [-0.05, 0) is 64.7 Å². The van der Waals surface area contributed by atoms with Gasteiger partial charge in [-0.25, -0.2) is 4.79 Å². The summed E-state index contributed by atoms with van der Waals surface area (Å²) in [6, 6.07) is 0.793. The highest BCUT2D eigenvalue weighted by atomic mass is 16.6. The smallest absolute Gasteiger partial charge is 0.408 e. The summed E-state index contributed by atoms with van der Waals surface area (Å²) in [5.74, 6) is -0.715. The zero-order valence-electron chi connectivity index (χ0n) is 20.9. The maximum absolute atomic E-state index is 13.4. The van der Waals surface area contributed by atoms with Crippen LogP contribution < -0.4 is 16.0 Å². The van der Waals surface area contributed by atoms with Crippen LogP contribution in [-0.2, 0) is 21.4 Å². The molecule has 2 aliphatic carbocycles. The van der Waals surface area contributed by atoms with Gasteiger partial charge in [0.1, 0.15) is 11.6 Å². The molecule has 3 rings (SSSR count). The molecule has 0 saturated heterocycles. The van der Waals surface area contributed by atoms with Crippen LogP contribution in [0, 0.1) is 5.41 Å². The van der Waals surface area contributed by atoms with Crippen LogP contribution in [0.5, 0.6) is 0 Å². The van der Waals surface area contributed by atoms with E-state index in [1.807, 2.05) is 0 Å². The number of aryl methyl sites for hydroxylation is 1. The van der Waals surface area contributed by atoms with Crippen molar-refractivity contribution in [1.29, 1.82) is 0 Å². The number of ether oxygens (including phenoxy) is 1. The normalized spacial score (nSPS) is 20.5. The van der Waals surface area contributed by atoms with Crippen LogP contribution in [0.4, 0.5) is 10.6 Å². The molecule has 2 atom stereocenters. The summed E-state index contributed by atoms with van der Waals surface area (Å²) in [5.41, 5.74) is -1.85. The van der Waals surface area contributed by atoms with E-state index in [9.17, 15) is 19.5 Å². The number of aliphatic hydroxyl groups excluding tert-OH is 1. The van der Waals surface area contributed by atoms with Crippen LogP contribution in [-0.4, -0.2) is 56.1 Å². The highest BCUT2D eigenvalue weighted by molar-refractivity contribution is 5.95. The molecular weight excluding hydrogens is 438 g/mol. The molecule has 0 aromatic carbocycles. The van der Waals surface area contributed by atoms with Crippen LogP contribution in [0.2, 0.25) is 0 Å². The Balaban J connectivity index is 1.71. The third-order valence-electron chi connectivity index (χ3n) is 6.87. The fourth-order valence-electron chi connectivity index (χ4n) is 4.87. The molecule has 0 bridgehead atoms. The molecule has 1 unspecified atom stereocenters. The molecule has 34 heavy (non-hydrogen) atoms. The Kier molecular flexibility index (Phi) is 7.59. The predicted octanol–water partition coefficient (Wildman–Crippen LogP) is 2.62. The molecule has 190 valence electrons. The number of alkyl carbamates (subject to hydrolysis) is 1. The summed E-state index contributed by atoms with van der Waals surface area (Å²) in [7, 11) is 1.72. The summed E-state index contributed by atoms with van der Waals surface area (Å²) < 4.78 is 6.93. The van der Waals surface area contributed by atoms with Gasteiger partial charge in [-0.2, -0.15) is 5.10 Å². The fourth-order valence-corrected chi connectivity index (χ4v) is 4.87. The number of aliphatic hydroxyl groups is 1. The molecule has 4 N–H and O–H groups in total. The SMILES string of the molecule is Cn1ccc(NC(=O)C(O)C2(NC(=O)[C@H](CC3(C)CCCC3)NC(=O)OC(C)(C)C)CCC2)n1. The van der Waals surface area contributed by atoms with E-state index in [0.717, 1.165) is 32.1 Å². The van der Waals surface area contributed by atoms with E-state index in [1.54, 1.807) is 44.8 Å². The lowest BCUT2D eigenvalue weighted by molar-refractivity contribution is -0.137. The van der Waals surface area contributed by atoms with E-state index in [-0.39, 0.29) is 5.41 Å². The number of rotatable bonds is 8. The number of amides is 3. The summed E-state index contributed by atoms with van der Waals surface area (Å²) in [5, 5.41) is 23.2. The Hall–Kier alpha value is -2.62. The minimum absolute atomic E-state index is 0.0707. The van der Waals surface area contributed by atoms with Gasteiger partial charge >= 0.3 is 6.09 Å². The van der Waals surface area contributed by atoms with Gasteiger partial charge in [0.25, 0.3) is 5.91 Å². The molecular formula is C24H39N5O5. The summed E-state index contributed by atoms with van der Waals surface area (Å²) in [4.78, 5) is 38.7. The van der Waals surface area contributed by atoms with Crippen LogP contribution in [0.1, 0.15) is 79.1 Å². The number of nitrogens with one attached hydrogen (secondary N) is 3. The summed E-state index contributed by atoms with van der Waals surface area (Å²) >= 11 is 0. The number of carbonyl (C=O) groups excluding carboxylic acids is 3. The van der Waals surface area contributed by atoms with Crippen LogP contribution in [0.25, 0.3) is 0 Å². The summed E-state index contributed by atoms with van der Waals surface area (Å²) in [6.07, 6.45) is 5.88. The monoisotopic (exact) mass is 477 g/mol. The minimum atomic E-state index is -1.45. The van der Waals surface area contributed by atoms with E-state index in [2.05, 4.69) is 28.0 Å². The van der Waals surface area contributed by atoms with Crippen LogP contribution >= 0.6 is 0 Å². The average Bonchev–Trinajstić information content (AvgIpc) is 3.30. The van der Waals surface area contributed by atoms with Gasteiger partial charge in [0, 0.05) is 19.3 Å². The zero-order valence-corrected chi connectivity index (χ0v) is 20.9. The Labute approximate surface area is 201 Å². The topological polar surface area (TPSA) is 135 Å². The van der Waals surface area contributed by atoms with Crippen molar-refractivity contribution in [3.05, 3.63) is 12.3 Å². The Morgan fingerprint density at radius 2 is 1.79 bits per heavy atom. The van der Waals surface area contributed by atoms with Crippen molar-refractivity contribution in [2.75, 3.05) is 5.32 Å². The van der Waals surface area contributed by atoms with Gasteiger partial charge in [0.05, 0.1) is 5.54 Å². The largest absolute Gasteiger partial charge is 0.444 e. The maximum Gasteiger partial charge on any atom is 0.408 e. The van der Waals surface area contributed by atoms with Crippen molar-refractivity contribution in [2.45, 2.75) is 102 Å². The first-order chi connectivity index (χ1) is 15.8. The Morgan fingerprint density at radius 3 is 2.29 bits per heavy atom. The molecule has 1 aromatic heterocycles. The highest BCUT2D eigenvalue weighted by Crippen LogP contribution is 2.42. The average molecular weight is 478 g/mol. The molecule has 2 fully saturated rings. The van der Waals surface area contributed by atoms with Gasteiger partial charge in [-0.15, -0.1) is 0 Å². The maximum atomic E-state index is 13.4. The molecule has 0 radical (unpaired) electrons. The van der Waals surface area contributed by atoms with Crippen molar-refractivity contribution in [1.82, 2.24) is 20.4 Å². The van der Waals surface area contributed by atoms with Crippen LogP contribution in [0.3, 0.4) is 0 Å². The quantitative estimate of drug-likeness (QED) is 0.455. The lowest BCUT2D eigenvalue weighted by atomic mass is 9.71. The van der Waals surface area contributed by atoms with Gasteiger partial charge < -0.3 is 25.8 Å². The van der Waals surface area contributed by atoms with Crippen molar-refractivity contribution in [3.8, 4) is 0 Å². The molecule has 10 heteroatoms. The second-order valence-electron chi connectivity index (χ2n) is 11.2. The second kappa shape index (κ2) is 9.93. The standard InChI is InChI=1S/C24H39N5O5/c1-22(2,3)34-21(33)25-16(15-23(4)10-6-7-11-23)19(31)27-24(12-8-13-24)18(30)20(32)26-17-9-14-29(5)28-17/h9,14,16,18,30H,6-8,10-13,15H2,1-5H3,(H,25,33)(H,27,31)(H,26,28,32)/t16-,18?/m0/s1. The van der Waals surface area contributed by atoms with E-state index >= 15 is 0 Å². The van der Waals surface area contributed by atoms with E-state index < -0.39 is 41.2 Å². The van der Waals surface area contributed by atoms with Gasteiger partial charge in [-0.3, -0.25) is 14.3 Å². The Bertz CT molecular complexity index is 896. The number of nitrogens with zero attached hydrogens (tertiary/aromatic N) is 2. The number of anilines is 1. The molecule has 10 nitrogen and oxygen atoms in total. The minimum Gasteiger partial charge on any atom is -0.444 e. The van der Waals surface area contributed by atoms with Crippen LogP contribution in [0.15, 0.2) is 12.3 Å². The van der Waals surface area contributed by atoms with Crippen molar-refractivity contribution >= 4 is 23.7 Å². The number of aromatic nitrogens is 2. The third kappa shape index (κ3) is 6.49. The predicted molar refractivity (Wildman–Crippen MR) is 127 cm³/mol. The fraction of sp³-hybridized carbons (Fsp3) is 0.750. The van der Waals surface area contributed by atoms with E-state index in [4.69, 9.17) is 4.74 Å². The molecule has 2 saturated carbocycles. The molecule has 0 spiro atoms. The third-order valence-corrected chi connectivity index (χ3v) is 6.87.